The van der Waals surface area contributed by atoms with Crippen molar-refractivity contribution in [3.05, 3.63) is 58.2 Å². The van der Waals surface area contributed by atoms with Gasteiger partial charge in [-0.15, -0.1) is 0 Å². The predicted octanol–water partition coefficient (Wildman–Crippen LogP) is 2.48. The van der Waals surface area contributed by atoms with Gasteiger partial charge in [0, 0.05) is 24.1 Å². The van der Waals surface area contributed by atoms with Crippen molar-refractivity contribution in [2.24, 2.45) is 11.8 Å². The molecular formula is C16H15NO5. The number of aliphatic hydroxyl groups excluding tert-OH is 1. The Balaban J connectivity index is 2.17. The van der Waals surface area contributed by atoms with Crippen molar-refractivity contribution < 1.29 is 19.5 Å². The third kappa shape index (κ3) is 2.33. The molecule has 3 rings (SSSR count). The van der Waals surface area contributed by atoms with Crippen LogP contribution in [0.15, 0.2) is 51.4 Å². The maximum absolute atomic E-state index is 12.3. The van der Waals surface area contributed by atoms with Gasteiger partial charge in [0.1, 0.15) is 28.2 Å². The third-order valence-corrected chi connectivity index (χ3v) is 3.74. The number of hydrogen-bond acceptors (Lipinski definition) is 6. The molecule has 1 aliphatic carbocycles. The van der Waals surface area contributed by atoms with Crippen LogP contribution in [-0.4, -0.2) is 10.2 Å². The Morgan fingerprint density at radius 1 is 1.27 bits per heavy atom. The number of phenols is 1. The normalized spacial score (nSPS) is 20.9. The summed E-state index contributed by atoms with van der Waals surface area (Å²) in [6.07, 6.45) is 5.02. The molecule has 114 valence electrons. The lowest BCUT2D eigenvalue weighted by Crippen LogP contribution is -2.12. The SMILES string of the molecule is CC1C=C(O)C=CC1c1cc(=O)c2c(O)cc(ON)cc2o1. The van der Waals surface area contributed by atoms with E-state index in [1.807, 2.05) is 6.92 Å². The third-order valence-electron chi connectivity index (χ3n) is 3.74. The number of nitrogens with two attached hydrogens (primary N) is 1. The number of rotatable bonds is 2. The standard InChI is InChI=1S/C16H15NO5/c1-8-4-9(18)2-3-11(8)14-7-13(20)16-12(19)5-10(22-17)6-15(16)21-14/h2-8,11,18-19H,17H2,1H3. The molecule has 6 heteroatoms. The van der Waals surface area contributed by atoms with Crippen molar-refractivity contribution in [3.63, 3.8) is 0 Å². The van der Waals surface area contributed by atoms with E-state index in [1.165, 1.54) is 18.2 Å². The highest BCUT2D eigenvalue weighted by Gasteiger charge is 2.23. The fraction of sp³-hybridized carbons (Fsp3) is 0.188. The van der Waals surface area contributed by atoms with Crippen molar-refractivity contribution in [3.8, 4) is 11.5 Å². The van der Waals surface area contributed by atoms with Crippen molar-refractivity contribution in [2.75, 3.05) is 0 Å². The fourth-order valence-corrected chi connectivity index (χ4v) is 2.65. The van der Waals surface area contributed by atoms with E-state index in [-0.39, 0.29) is 45.5 Å². The first-order valence-electron chi connectivity index (χ1n) is 6.76. The molecule has 1 aromatic heterocycles. The first kappa shape index (κ1) is 14.2. The zero-order valence-electron chi connectivity index (χ0n) is 11.8. The van der Waals surface area contributed by atoms with Gasteiger partial charge in [-0.05, 0) is 18.1 Å². The summed E-state index contributed by atoms with van der Waals surface area (Å²) < 4.78 is 5.75. The van der Waals surface area contributed by atoms with Gasteiger partial charge >= 0.3 is 0 Å². The number of allylic oxidation sites excluding steroid dienone is 3. The summed E-state index contributed by atoms with van der Waals surface area (Å²) in [7, 11) is 0. The highest BCUT2D eigenvalue weighted by atomic mass is 16.6. The Hall–Kier alpha value is -2.73. The fourth-order valence-electron chi connectivity index (χ4n) is 2.65. The number of aromatic hydroxyl groups is 1. The minimum atomic E-state index is -0.350. The molecule has 0 spiro atoms. The molecule has 0 fully saturated rings. The molecule has 1 aliphatic rings. The Kier molecular flexibility index (Phi) is 3.38. The second-order valence-electron chi connectivity index (χ2n) is 5.28. The van der Waals surface area contributed by atoms with Crippen LogP contribution in [0.4, 0.5) is 0 Å². The largest absolute Gasteiger partial charge is 0.508 e. The van der Waals surface area contributed by atoms with E-state index in [9.17, 15) is 15.0 Å². The summed E-state index contributed by atoms with van der Waals surface area (Å²) in [5, 5.41) is 19.5. The molecule has 22 heavy (non-hydrogen) atoms. The summed E-state index contributed by atoms with van der Waals surface area (Å²) >= 11 is 0. The molecule has 2 atom stereocenters. The molecule has 0 saturated carbocycles. The molecule has 4 N–H and O–H groups in total. The lowest BCUT2D eigenvalue weighted by molar-refractivity contribution is 0.331. The molecule has 1 aromatic carbocycles. The number of fused-ring (bicyclic) bond motifs is 1. The van der Waals surface area contributed by atoms with Gasteiger partial charge in [0.15, 0.2) is 11.2 Å². The van der Waals surface area contributed by atoms with Crippen LogP contribution < -0.4 is 16.2 Å². The van der Waals surface area contributed by atoms with Crippen molar-refractivity contribution >= 4 is 11.0 Å². The van der Waals surface area contributed by atoms with Crippen LogP contribution in [0, 0.1) is 5.92 Å². The van der Waals surface area contributed by atoms with Crippen LogP contribution in [0.5, 0.6) is 11.5 Å². The van der Waals surface area contributed by atoms with E-state index in [0.717, 1.165) is 0 Å². The Labute approximate surface area is 125 Å². The molecule has 2 unspecified atom stereocenters. The zero-order chi connectivity index (χ0) is 15.9. The summed E-state index contributed by atoms with van der Waals surface area (Å²) in [5.41, 5.74) is -0.154. The predicted molar refractivity (Wildman–Crippen MR) is 80.7 cm³/mol. The quantitative estimate of drug-likeness (QED) is 0.736. The Morgan fingerprint density at radius 3 is 2.73 bits per heavy atom. The number of aliphatic hydroxyl groups is 1. The molecule has 6 nitrogen and oxygen atoms in total. The van der Waals surface area contributed by atoms with E-state index in [4.69, 9.17) is 10.3 Å². The minimum absolute atomic E-state index is 0.0341. The van der Waals surface area contributed by atoms with Gasteiger partial charge in [-0.3, -0.25) is 4.79 Å². The maximum Gasteiger partial charge on any atom is 0.196 e. The van der Waals surface area contributed by atoms with Crippen LogP contribution in [0.2, 0.25) is 0 Å². The second-order valence-corrected chi connectivity index (χ2v) is 5.28. The van der Waals surface area contributed by atoms with Crippen LogP contribution in [0.3, 0.4) is 0 Å². The van der Waals surface area contributed by atoms with Crippen LogP contribution in [0.1, 0.15) is 18.6 Å². The maximum atomic E-state index is 12.3. The Morgan fingerprint density at radius 2 is 2.05 bits per heavy atom. The van der Waals surface area contributed by atoms with Crippen LogP contribution >= 0.6 is 0 Å². The highest BCUT2D eigenvalue weighted by Crippen LogP contribution is 2.34. The summed E-state index contributed by atoms with van der Waals surface area (Å²) in [6, 6.07) is 4.06. The van der Waals surface area contributed by atoms with Gasteiger partial charge < -0.3 is 19.5 Å². The molecule has 0 saturated heterocycles. The van der Waals surface area contributed by atoms with Gasteiger partial charge in [0.2, 0.25) is 0 Å². The average molecular weight is 301 g/mol. The van der Waals surface area contributed by atoms with Crippen LogP contribution in [0.25, 0.3) is 11.0 Å². The lowest BCUT2D eigenvalue weighted by Gasteiger charge is -2.20. The molecule has 0 aliphatic heterocycles. The summed E-state index contributed by atoms with van der Waals surface area (Å²) in [4.78, 5) is 16.8. The summed E-state index contributed by atoms with van der Waals surface area (Å²) in [5.74, 6) is 5.44. The number of phenolic OH excluding ortho intramolecular Hbond substituents is 1. The monoisotopic (exact) mass is 301 g/mol. The zero-order valence-corrected chi connectivity index (χ0v) is 11.8. The second kappa shape index (κ2) is 5.23. The van der Waals surface area contributed by atoms with Gasteiger partial charge in [0.25, 0.3) is 0 Å². The topological polar surface area (TPSA) is 106 Å². The minimum Gasteiger partial charge on any atom is -0.508 e. The molecule has 0 radical (unpaired) electrons. The number of benzene rings is 1. The number of hydrogen-bond donors (Lipinski definition) is 3. The smallest absolute Gasteiger partial charge is 0.196 e. The average Bonchev–Trinajstić information content (AvgIpc) is 2.46. The van der Waals surface area contributed by atoms with E-state index < -0.39 is 0 Å². The molecule has 1 heterocycles. The highest BCUT2D eigenvalue weighted by molar-refractivity contribution is 5.84. The van der Waals surface area contributed by atoms with Crippen molar-refractivity contribution in [1.29, 1.82) is 0 Å². The van der Waals surface area contributed by atoms with E-state index in [1.54, 1.807) is 18.2 Å². The molecule has 0 bridgehead atoms. The van der Waals surface area contributed by atoms with E-state index >= 15 is 0 Å². The first-order valence-corrected chi connectivity index (χ1v) is 6.76. The lowest BCUT2D eigenvalue weighted by atomic mass is 9.87. The van der Waals surface area contributed by atoms with Gasteiger partial charge in [-0.1, -0.05) is 13.0 Å². The van der Waals surface area contributed by atoms with Crippen molar-refractivity contribution in [1.82, 2.24) is 0 Å². The van der Waals surface area contributed by atoms with Crippen molar-refractivity contribution in [2.45, 2.75) is 12.8 Å². The van der Waals surface area contributed by atoms with Gasteiger partial charge in [-0.2, -0.15) is 5.90 Å². The van der Waals surface area contributed by atoms with E-state index in [2.05, 4.69) is 4.84 Å². The van der Waals surface area contributed by atoms with Crippen LogP contribution in [-0.2, 0) is 0 Å². The van der Waals surface area contributed by atoms with Gasteiger partial charge in [0.05, 0.1) is 0 Å². The first-order chi connectivity index (χ1) is 10.5. The van der Waals surface area contributed by atoms with Gasteiger partial charge in [-0.25, -0.2) is 0 Å². The molecule has 2 aromatic rings. The molecular weight excluding hydrogens is 286 g/mol. The summed E-state index contributed by atoms with van der Waals surface area (Å²) in [6.45, 7) is 1.91. The molecule has 0 amide bonds. The Bertz CT molecular complexity index is 849. The van der Waals surface area contributed by atoms with E-state index in [0.29, 0.717) is 5.76 Å².